The topological polar surface area (TPSA) is 90.5 Å². The molecule has 2 rings (SSSR count). The maximum absolute atomic E-state index is 12.5. The molecule has 128 valence electrons. The number of sulfonamides is 1. The average Bonchev–Trinajstić information content (AvgIpc) is 3.03. The minimum Gasteiger partial charge on any atom is -0.494 e. The normalized spacial score (nSPS) is 12.7. The third-order valence-electron chi connectivity index (χ3n) is 3.53. The molecule has 0 aliphatic heterocycles. The molecule has 0 fully saturated rings. The van der Waals surface area contributed by atoms with E-state index >= 15 is 0 Å². The van der Waals surface area contributed by atoms with Crippen molar-refractivity contribution in [1.29, 1.82) is 0 Å². The predicted octanol–water partition coefficient (Wildman–Crippen LogP) is 1.27. The number of methoxy groups -OCH3 is 1. The molecule has 1 heterocycles. The van der Waals surface area contributed by atoms with Crippen LogP contribution in [0.25, 0.3) is 5.69 Å². The van der Waals surface area contributed by atoms with E-state index in [9.17, 15) is 8.42 Å². The summed E-state index contributed by atoms with van der Waals surface area (Å²) in [7, 11) is -0.568. The summed E-state index contributed by atoms with van der Waals surface area (Å²) < 4.78 is 33.0. The van der Waals surface area contributed by atoms with Gasteiger partial charge in [0.05, 0.1) is 19.5 Å². The lowest BCUT2D eigenvalue weighted by molar-refractivity contribution is 0.394. The minimum atomic E-state index is -3.63. The van der Waals surface area contributed by atoms with Gasteiger partial charge in [-0.2, -0.15) is 9.40 Å². The maximum atomic E-state index is 12.5. The van der Waals surface area contributed by atoms with Crippen molar-refractivity contribution in [3.63, 3.8) is 0 Å². The summed E-state index contributed by atoms with van der Waals surface area (Å²) in [5, 5.41) is 4.13. The lowest BCUT2D eigenvalue weighted by Crippen LogP contribution is -2.39. The molecular weight excluding hydrogens is 340 g/mol. The molecule has 0 saturated heterocycles. The number of hydrogen-bond donors (Lipinski definition) is 1. The molecule has 0 saturated carbocycles. The molecule has 0 aliphatic rings. The summed E-state index contributed by atoms with van der Waals surface area (Å²) in [5.41, 5.74) is 6.21. The third-order valence-corrected chi connectivity index (χ3v) is 5.45. The Bertz CT molecular complexity index is 748. The summed E-state index contributed by atoms with van der Waals surface area (Å²) in [6.07, 6.45) is 2.79. The lowest BCUT2D eigenvalue weighted by Gasteiger charge is -2.21. The minimum absolute atomic E-state index is 0. The number of rotatable bonds is 6. The zero-order chi connectivity index (χ0) is 16.3. The van der Waals surface area contributed by atoms with E-state index in [1.165, 1.54) is 28.4 Å². The van der Waals surface area contributed by atoms with Crippen LogP contribution in [0.1, 0.15) is 6.92 Å². The van der Waals surface area contributed by atoms with Crippen molar-refractivity contribution in [2.24, 2.45) is 5.73 Å². The van der Waals surface area contributed by atoms with Crippen LogP contribution in [-0.2, 0) is 10.0 Å². The van der Waals surface area contributed by atoms with E-state index in [4.69, 9.17) is 10.5 Å². The van der Waals surface area contributed by atoms with Crippen molar-refractivity contribution in [1.82, 2.24) is 14.1 Å². The summed E-state index contributed by atoms with van der Waals surface area (Å²) in [4.78, 5) is 0.112. The van der Waals surface area contributed by atoms with Gasteiger partial charge >= 0.3 is 0 Å². The molecule has 1 aromatic heterocycles. The highest BCUT2D eigenvalue weighted by molar-refractivity contribution is 7.89. The van der Waals surface area contributed by atoms with Crippen LogP contribution < -0.4 is 10.5 Å². The van der Waals surface area contributed by atoms with Gasteiger partial charge in [-0.05, 0) is 19.1 Å². The Morgan fingerprint density at radius 1 is 1.39 bits per heavy atom. The standard InChI is InChI=1S/C14H20N4O3S.ClH/c1-11(8-15)17(2)22(19,20)12-9-16-18(10-12)13-6-4-5-7-14(13)21-3;/h4-7,9-11H,8,15H2,1-3H3;1H. The fourth-order valence-corrected chi connectivity index (χ4v) is 3.25. The van der Waals surface area contributed by atoms with Crippen molar-refractivity contribution in [2.75, 3.05) is 20.7 Å². The molecule has 7 nitrogen and oxygen atoms in total. The van der Waals surface area contributed by atoms with Crippen molar-refractivity contribution in [3.05, 3.63) is 36.7 Å². The van der Waals surface area contributed by atoms with Crippen LogP contribution in [0.15, 0.2) is 41.6 Å². The van der Waals surface area contributed by atoms with Gasteiger partial charge in [0, 0.05) is 19.6 Å². The maximum Gasteiger partial charge on any atom is 0.246 e. The summed E-state index contributed by atoms with van der Waals surface area (Å²) in [5.74, 6) is 0.609. The second-order valence-corrected chi connectivity index (χ2v) is 6.90. The number of nitrogens with zero attached hydrogens (tertiary/aromatic N) is 3. The Kier molecular flexibility index (Phi) is 6.57. The zero-order valence-corrected chi connectivity index (χ0v) is 14.8. The largest absolute Gasteiger partial charge is 0.494 e. The SMILES string of the molecule is COc1ccccc1-n1cc(S(=O)(=O)N(C)C(C)CN)cn1.Cl. The van der Waals surface area contributed by atoms with E-state index in [2.05, 4.69) is 5.10 Å². The van der Waals surface area contributed by atoms with Gasteiger partial charge in [0.1, 0.15) is 16.3 Å². The Morgan fingerprint density at radius 2 is 2.04 bits per heavy atom. The van der Waals surface area contributed by atoms with Gasteiger partial charge in [-0.1, -0.05) is 12.1 Å². The predicted molar refractivity (Wildman–Crippen MR) is 90.8 cm³/mol. The van der Waals surface area contributed by atoms with Gasteiger partial charge < -0.3 is 10.5 Å². The molecule has 0 aliphatic carbocycles. The van der Waals surface area contributed by atoms with Crippen LogP contribution in [0.4, 0.5) is 0 Å². The fraction of sp³-hybridized carbons (Fsp3) is 0.357. The molecule has 0 radical (unpaired) electrons. The summed E-state index contributed by atoms with van der Waals surface area (Å²) >= 11 is 0. The van der Waals surface area contributed by atoms with Crippen molar-refractivity contribution in [3.8, 4) is 11.4 Å². The van der Waals surface area contributed by atoms with E-state index in [-0.39, 0.29) is 29.9 Å². The number of likely N-dealkylation sites (N-methyl/N-ethyl adjacent to an activating group) is 1. The van der Waals surface area contributed by atoms with Gasteiger partial charge in [0.2, 0.25) is 10.0 Å². The summed E-state index contributed by atoms with van der Waals surface area (Å²) in [6, 6.07) is 6.96. The molecule has 1 atom stereocenters. The quantitative estimate of drug-likeness (QED) is 0.837. The molecule has 0 amide bonds. The third kappa shape index (κ3) is 3.84. The molecule has 2 N–H and O–H groups in total. The Hall–Kier alpha value is -1.61. The molecule has 0 bridgehead atoms. The molecule has 0 spiro atoms. The zero-order valence-electron chi connectivity index (χ0n) is 13.2. The average molecular weight is 361 g/mol. The van der Waals surface area contributed by atoms with Crippen LogP contribution in [0.3, 0.4) is 0 Å². The van der Waals surface area contributed by atoms with Crippen LogP contribution in [0.5, 0.6) is 5.75 Å². The number of hydrogen-bond acceptors (Lipinski definition) is 5. The monoisotopic (exact) mass is 360 g/mol. The van der Waals surface area contributed by atoms with E-state index < -0.39 is 10.0 Å². The van der Waals surface area contributed by atoms with E-state index in [0.29, 0.717) is 11.4 Å². The van der Waals surface area contributed by atoms with Crippen LogP contribution >= 0.6 is 12.4 Å². The molecule has 1 aromatic carbocycles. The van der Waals surface area contributed by atoms with Crippen LogP contribution in [0.2, 0.25) is 0 Å². The number of aromatic nitrogens is 2. The van der Waals surface area contributed by atoms with Crippen LogP contribution in [-0.4, -0.2) is 49.2 Å². The number of nitrogens with two attached hydrogens (primary N) is 1. The van der Waals surface area contributed by atoms with Crippen LogP contribution in [0, 0.1) is 0 Å². The Balaban J connectivity index is 0.00000264. The van der Waals surface area contributed by atoms with E-state index in [0.717, 1.165) is 0 Å². The Morgan fingerprint density at radius 3 is 2.65 bits per heavy atom. The number of halogens is 1. The first kappa shape index (κ1) is 19.4. The van der Waals surface area contributed by atoms with E-state index in [1.807, 2.05) is 12.1 Å². The number of benzene rings is 1. The summed E-state index contributed by atoms with van der Waals surface area (Å²) in [6.45, 7) is 2.00. The number of ether oxygens (including phenoxy) is 1. The van der Waals surface area contributed by atoms with Gasteiger partial charge in [-0.15, -0.1) is 12.4 Å². The molecular formula is C14H21ClN4O3S. The molecule has 2 aromatic rings. The highest BCUT2D eigenvalue weighted by Crippen LogP contribution is 2.23. The molecule has 9 heteroatoms. The van der Waals surface area contributed by atoms with Gasteiger partial charge in [-0.3, -0.25) is 0 Å². The first-order valence-electron chi connectivity index (χ1n) is 6.78. The van der Waals surface area contributed by atoms with Gasteiger partial charge in [-0.25, -0.2) is 13.1 Å². The lowest BCUT2D eigenvalue weighted by atomic mass is 10.3. The van der Waals surface area contributed by atoms with Gasteiger partial charge in [0.15, 0.2) is 0 Å². The second kappa shape index (κ2) is 7.78. The van der Waals surface area contributed by atoms with Crippen molar-refractivity contribution in [2.45, 2.75) is 17.9 Å². The Labute approximate surface area is 142 Å². The smallest absolute Gasteiger partial charge is 0.246 e. The molecule has 23 heavy (non-hydrogen) atoms. The van der Waals surface area contributed by atoms with Gasteiger partial charge in [0.25, 0.3) is 0 Å². The van der Waals surface area contributed by atoms with Crippen molar-refractivity contribution >= 4 is 22.4 Å². The van der Waals surface area contributed by atoms with E-state index in [1.54, 1.807) is 26.2 Å². The highest BCUT2D eigenvalue weighted by Gasteiger charge is 2.26. The van der Waals surface area contributed by atoms with Crippen molar-refractivity contribution < 1.29 is 13.2 Å². The molecule has 1 unspecified atom stereocenters. The fourth-order valence-electron chi connectivity index (χ4n) is 1.94. The number of para-hydroxylation sites is 2. The first-order valence-corrected chi connectivity index (χ1v) is 8.22. The second-order valence-electron chi connectivity index (χ2n) is 4.90. The highest BCUT2D eigenvalue weighted by atomic mass is 35.5. The first-order chi connectivity index (χ1) is 10.4.